The molecule has 1 aromatic carbocycles. The van der Waals surface area contributed by atoms with Gasteiger partial charge in [0.05, 0.1) is 12.3 Å². The van der Waals surface area contributed by atoms with Crippen molar-refractivity contribution in [3.05, 3.63) is 77.8 Å². The zero-order chi connectivity index (χ0) is 23.3. The van der Waals surface area contributed by atoms with Gasteiger partial charge in [-0.3, -0.25) is 4.99 Å². The molecule has 0 heterocycles. The number of hydrogen-bond donors (Lipinski definition) is 3. The highest BCUT2D eigenvalue weighted by Crippen LogP contribution is 2.34. The van der Waals surface area contributed by atoms with Gasteiger partial charge in [0.2, 0.25) is 0 Å². The van der Waals surface area contributed by atoms with Gasteiger partial charge >= 0.3 is 0 Å². The lowest BCUT2D eigenvalue weighted by Crippen LogP contribution is -2.22. The SMILES string of the molecule is C=CN=C/C(F)=C/CC(O)C1C=CC(CN)=C(c2cccc(CC(O)OCCCC)c2)C1. The van der Waals surface area contributed by atoms with E-state index >= 15 is 0 Å². The van der Waals surface area contributed by atoms with Crippen LogP contribution in [0.5, 0.6) is 0 Å². The second-order valence-corrected chi connectivity index (χ2v) is 7.87. The molecule has 1 aliphatic rings. The Kier molecular flexibility index (Phi) is 11.2. The summed E-state index contributed by atoms with van der Waals surface area (Å²) >= 11 is 0. The summed E-state index contributed by atoms with van der Waals surface area (Å²) in [7, 11) is 0. The van der Waals surface area contributed by atoms with E-state index in [1.165, 1.54) is 12.3 Å². The summed E-state index contributed by atoms with van der Waals surface area (Å²) < 4.78 is 19.2. The van der Waals surface area contributed by atoms with Gasteiger partial charge in [-0.15, -0.1) is 0 Å². The first-order chi connectivity index (χ1) is 15.5. The number of halogens is 1. The Balaban J connectivity index is 2.10. The fraction of sp³-hybridized carbons (Fsp3) is 0.423. The molecule has 0 amide bonds. The van der Waals surface area contributed by atoms with Gasteiger partial charge in [-0.2, -0.15) is 0 Å². The van der Waals surface area contributed by atoms with E-state index in [4.69, 9.17) is 10.5 Å². The number of allylic oxidation sites excluding steroid dienone is 2. The number of aliphatic hydroxyl groups excluding tert-OH is 2. The normalized spacial score (nSPS) is 18.9. The maximum atomic E-state index is 13.7. The molecular formula is C26H35FN2O3. The van der Waals surface area contributed by atoms with Crippen LogP contribution < -0.4 is 5.73 Å². The van der Waals surface area contributed by atoms with Crippen molar-refractivity contribution in [1.82, 2.24) is 0 Å². The number of aliphatic imine (C=N–C) groups is 1. The molecule has 0 saturated carbocycles. The number of nitrogens with zero attached hydrogens (tertiary/aromatic N) is 1. The number of ether oxygens (including phenoxy) is 1. The standard InChI is InChI=1S/C26H35FN2O3/c1-3-5-13-32-26(31)15-19-7-6-8-20(14-19)24-16-21(9-10-22(24)17-28)25(30)12-11-23(27)18-29-4-2/h4,6-11,14,18,21,25-26,30-31H,2-3,5,12-13,15-17,28H2,1H3/b23-11-,29-18?. The van der Waals surface area contributed by atoms with Crippen molar-refractivity contribution in [3.8, 4) is 0 Å². The quantitative estimate of drug-likeness (QED) is 0.239. The lowest BCUT2D eigenvalue weighted by Gasteiger charge is -2.26. The molecule has 4 N–H and O–H groups in total. The second kappa shape index (κ2) is 13.9. The fourth-order valence-electron chi connectivity index (χ4n) is 3.63. The van der Waals surface area contributed by atoms with E-state index in [9.17, 15) is 14.6 Å². The molecule has 1 aliphatic carbocycles. The highest BCUT2D eigenvalue weighted by atomic mass is 19.1. The van der Waals surface area contributed by atoms with E-state index in [1.54, 1.807) is 0 Å². The molecule has 5 nitrogen and oxygen atoms in total. The summed E-state index contributed by atoms with van der Waals surface area (Å²) in [5.41, 5.74) is 10.0. The highest BCUT2D eigenvalue weighted by Gasteiger charge is 2.23. The van der Waals surface area contributed by atoms with E-state index in [0.717, 1.165) is 41.3 Å². The van der Waals surface area contributed by atoms with Crippen LogP contribution in [-0.2, 0) is 11.2 Å². The number of rotatable bonds is 13. The highest BCUT2D eigenvalue weighted by molar-refractivity contribution is 5.76. The Hall–Kier alpha value is -2.38. The fourth-order valence-corrected chi connectivity index (χ4v) is 3.63. The smallest absolute Gasteiger partial charge is 0.158 e. The Morgan fingerprint density at radius 2 is 2.22 bits per heavy atom. The summed E-state index contributed by atoms with van der Waals surface area (Å²) in [6.45, 7) is 6.41. The second-order valence-electron chi connectivity index (χ2n) is 7.87. The van der Waals surface area contributed by atoms with Crippen LogP contribution in [0, 0.1) is 5.92 Å². The molecule has 3 unspecified atom stereocenters. The molecule has 0 radical (unpaired) electrons. The van der Waals surface area contributed by atoms with Crippen LogP contribution in [0.3, 0.4) is 0 Å². The van der Waals surface area contributed by atoms with Crippen molar-refractivity contribution in [2.45, 2.75) is 51.4 Å². The van der Waals surface area contributed by atoms with Crippen molar-refractivity contribution >= 4 is 11.8 Å². The van der Waals surface area contributed by atoms with Gasteiger partial charge in [0.15, 0.2) is 6.29 Å². The number of unbranched alkanes of at least 4 members (excludes halogenated alkanes) is 1. The van der Waals surface area contributed by atoms with E-state index < -0.39 is 18.2 Å². The van der Waals surface area contributed by atoms with Gasteiger partial charge < -0.3 is 20.7 Å². The van der Waals surface area contributed by atoms with E-state index in [1.807, 2.05) is 36.4 Å². The minimum atomic E-state index is -0.841. The zero-order valence-electron chi connectivity index (χ0n) is 18.8. The van der Waals surface area contributed by atoms with Gasteiger partial charge in [-0.05, 0) is 47.6 Å². The third kappa shape index (κ3) is 8.28. The van der Waals surface area contributed by atoms with Crippen molar-refractivity contribution in [1.29, 1.82) is 0 Å². The summed E-state index contributed by atoms with van der Waals surface area (Å²) in [4.78, 5) is 3.64. The molecule has 0 fully saturated rings. The van der Waals surface area contributed by atoms with Crippen molar-refractivity contribution < 1.29 is 19.3 Å². The molecule has 0 saturated heterocycles. The van der Waals surface area contributed by atoms with E-state index in [2.05, 4.69) is 18.5 Å². The van der Waals surface area contributed by atoms with Gasteiger partial charge in [0, 0.05) is 31.7 Å². The Morgan fingerprint density at radius 1 is 1.41 bits per heavy atom. The third-order valence-corrected chi connectivity index (χ3v) is 5.44. The van der Waals surface area contributed by atoms with Crippen LogP contribution in [0.2, 0.25) is 0 Å². The molecule has 0 aromatic heterocycles. The largest absolute Gasteiger partial charge is 0.392 e. The molecule has 0 aliphatic heterocycles. The molecule has 3 atom stereocenters. The number of nitrogens with two attached hydrogens (primary N) is 1. The average molecular weight is 443 g/mol. The minimum Gasteiger partial charge on any atom is -0.392 e. The Morgan fingerprint density at radius 3 is 2.94 bits per heavy atom. The first-order valence-electron chi connectivity index (χ1n) is 11.2. The maximum absolute atomic E-state index is 13.7. The van der Waals surface area contributed by atoms with Crippen LogP contribution in [-0.4, -0.2) is 42.0 Å². The van der Waals surface area contributed by atoms with E-state index in [-0.39, 0.29) is 12.3 Å². The van der Waals surface area contributed by atoms with Gasteiger partial charge in [-0.25, -0.2) is 4.39 Å². The summed E-state index contributed by atoms with van der Waals surface area (Å²) in [5, 5.41) is 20.8. The molecular weight excluding hydrogens is 407 g/mol. The van der Waals surface area contributed by atoms with E-state index in [0.29, 0.717) is 26.0 Å². The number of hydrogen-bond acceptors (Lipinski definition) is 5. The third-order valence-electron chi connectivity index (χ3n) is 5.44. The first-order valence-corrected chi connectivity index (χ1v) is 11.2. The van der Waals surface area contributed by atoms with Crippen LogP contribution in [0.15, 0.2) is 71.7 Å². The number of aliphatic hydroxyl groups is 2. The Labute approximate surface area is 190 Å². The van der Waals surface area contributed by atoms with Crippen LogP contribution >= 0.6 is 0 Å². The van der Waals surface area contributed by atoms with Crippen molar-refractivity contribution in [2.24, 2.45) is 16.6 Å². The summed E-state index contributed by atoms with van der Waals surface area (Å²) in [6, 6.07) is 7.95. The van der Waals surface area contributed by atoms with Gasteiger partial charge in [0.25, 0.3) is 0 Å². The molecule has 6 heteroatoms. The van der Waals surface area contributed by atoms with Crippen molar-refractivity contribution in [3.63, 3.8) is 0 Å². The topological polar surface area (TPSA) is 88.1 Å². The van der Waals surface area contributed by atoms with Crippen molar-refractivity contribution in [2.75, 3.05) is 13.2 Å². The molecule has 0 spiro atoms. The molecule has 0 bridgehead atoms. The van der Waals surface area contributed by atoms with Crippen LogP contribution in [0.1, 0.15) is 43.7 Å². The lowest BCUT2D eigenvalue weighted by molar-refractivity contribution is -0.0980. The maximum Gasteiger partial charge on any atom is 0.158 e. The molecule has 1 aromatic rings. The average Bonchev–Trinajstić information content (AvgIpc) is 2.81. The molecule has 2 rings (SSSR count). The molecule has 32 heavy (non-hydrogen) atoms. The van der Waals surface area contributed by atoms with Gasteiger partial charge in [-0.1, -0.05) is 56.3 Å². The van der Waals surface area contributed by atoms with Crippen LogP contribution in [0.25, 0.3) is 5.57 Å². The summed E-state index contributed by atoms with van der Waals surface area (Å²) in [6.07, 6.45) is 9.07. The first kappa shape index (κ1) is 25.9. The lowest BCUT2D eigenvalue weighted by atomic mass is 9.82. The molecule has 174 valence electrons. The number of benzene rings is 1. The zero-order valence-corrected chi connectivity index (χ0v) is 18.8. The predicted molar refractivity (Wildman–Crippen MR) is 129 cm³/mol. The summed E-state index contributed by atoms with van der Waals surface area (Å²) in [5.74, 6) is -0.665. The van der Waals surface area contributed by atoms with Gasteiger partial charge in [0.1, 0.15) is 5.83 Å². The predicted octanol–water partition coefficient (Wildman–Crippen LogP) is 4.47. The Bertz CT molecular complexity index is 860. The monoisotopic (exact) mass is 442 g/mol. The minimum absolute atomic E-state index is 0.160. The van der Waals surface area contributed by atoms with Crippen LogP contribution in [0.4, 0.5) is 4.39 Å².